The number of rotatable bonds is 5. The van der Waals surface area contributed by atoms with Crippen LogP contribution in [0.25, 0.3) is 0 Å². The molecule has 1 N–H and O–H groups in total. The summed E-state index contributed by atoms with van der Waals surface area (Å²) in [7, 11) is 4.13. The molecule has 0 aliphatic rings. The molecule has 94 valence electrons. The van der Waals surface area contributed by atoms with Crippen molar-refractivity contribution >= 4 is 5.84 Å². The van der Waals surface area contributed by atoms with E-state index in [0.717, 1.165) is 18.7 Å². The van der Waals surface area contributed by atoms with E-state index in [2.05, 4.69) is 37.7 Å². The number of hydrogen-bond acceptors (Lipinski definition) is 2. The highest BCUT2D eigenvalue weighted by atomic mass is 15.2. The van der Waals surface area contributed by atoms with Crippen LogP contribution in [-0.4, -0.2) is 48.9 Å². The second kappa shape index (κ2) is 6.40. The largest absolute Gasteiger partial charge is 0.353 e. The second-order valence-electron chi connectivity index (χ2n) is 4.61. The Bertz CT molecular complexity index is 346. The van der Waals surface area contributed by atoms with Crippen molar-refractivity contribution in [2.75, 3.05) is 27.2 Å². The van der Waals surface area contributed by atoms with Gasteiger partial charge in [-0.2, -0.15) is 0 Å². The van der Waals surface area contributed by atoms with Gasteiger partial charge >= 0.3 is 0 Å². The van der Waals surface area contributed by atoms with Gasteiger partial charge in [0.15, 0.2) is 0 Å². The van der Waals surface area contributed by atoms with Crippen LogP contribution in [0.3, 0.4) is 0 Å². The van der Waals surface area contributed by atoms with Gasteiger partial charge in [-0.3, -0.25) is 5.41 Å². The average molecular weight is 233 g/mol. The molecular weight excluding hydrogens is 210 g/mol. The summed E-state index contributed by atoms with van der Waals surface area (Å²) >= 11 is 0. The number of likely N-dealkylation sites (N-methyl/N-ethyl adjacent to an activating group) is 2. The number of amidine groups is 1. The van der Waals surface area contributed by atoms with E-state index < -0.39 is 0 Å². The maximum Gasteiger partial charge on any atom is 0.128 e. The zero-order valence-corrected chi connectivity index (χ0v) is 11.3. The minimum Gasteiger partial charge on any atom is -0.353 e. The molecule has 3 heteroatoms. The zero-order chi connectivity index (χ0) is 12.8. The summed E-state index contributed by atoms with van der Waals surface area (Å²) in [6.45, 7) is 6.09. The van der Waals surface area contributed by atoms with Crippen molar-refractivity contribution in [3.8, 4) is 0 Å². The van der Waals surface area contributed by atoms with Crippen LogP contribution in [0.15, 0.2) is 30.3 Å². The number of nitrogens with zero attached hydrogens (tertiary/aromatic N) is 2. The topological polar surface area (TPSA) is 30.3 Å². The zero-order valence-electron chi connectivity index (χ0n) is 11.3. The molecule has 1 rings (SSSR count). The van der Waals surface area contributed by atoms with Gasteiger partial charge in [0.25, 0.3) is 0 Å². The van der Waals surface area contributed by atoms with Crippen molar-refractivity contribution in [2.45, 2.75) is 19.9 Å². The Kier molecular flexibility index (Phi) is 5.16. The lowest BCUT2D eigenvalue weighted by molar-refractivity contribution is 0.263. The fraction of sp³-hybridized carbons (Fsp3) is 0.500. The number of nitrogens with one attached hydrogen (secondary N) is 1. The van der Waals surface area contributed by atoms with E-state index in [-0.39, 0.29) is 0 Å². The van der Waals surface area contributed by atoms with Crippen LogP contribution in [0.1, 0.15) is 19.4 Å². The molecule has 0 spiro atoms. The normalized spacial score (nSPS) is 12.5. The van der Waals surface area contributed by atoms with E-state index in [1.54, 1.807) is 0 Å². The Morgan fingerprint density at radius 3 is 2.29 bits per heavy atom. The summed E-state index contributed by atoms with van der Waals surface area (Å²) in [5.74, 6) is 0.613. The van der Waals surface area contributed by atoms with Crippen molar-refractivity contribution in [1.29, 1.82) is 5.41 Å². The molecule has 0 aliphatic carbocycles. The standard InChI is InChI=1S/C14H23N3/c1-5-17(12(2)11-16(3)4)14(15)13-9-7-6-8-10-13/h6-10,12,15H,5,11H2,1-4H3. The molecule has 1 unspecified atom stereocenters. The fourth-order valence-electron chi connectivity index (χ4n) is 2.08. The van der Waals surface area contributed by atoms with Gasteiger partial charge in [0.05, 0.1) is 0 Å². The highest BCUT2D eigenvalue weighted by Gasteiger charge is 2.16. The van der Waals surface area contributed by atoms with E-state index >= 15 is 0 Å². The molecule has 0 amide bonds. The first-order valence-corrected chi connectivity index (χ1v) is 6.11. The summed E-state index contributed by atoms with van der Waals surface area (Å²) in [5, 5.41) is 8.27. The summed E-state index contributed by atoms with van der Waals surface area (Å²) in [6, 6.07) is 10.3. The Balaban J connectivity index is 2.77. The van der Waals surface area contributed by atoms with Gasteiger partial charge in [0.1, 0.15) is 5.84 Å². The van der Waals surface area contributed by atoms with Crippen molar-refractivity contribution in [1.82, 2.24) is 9.80 Å². The second-order valence-corrected chi connectivity index (χ2v) is 4.61. The van der Waals surface area contributed by atoms with Gasteiger partial charge in [-0.15, -0.1) is 0 Å². The monoisotopic (exact) mass is 233 g/mol. The van der Waals surface area contributed by atoms with Crippen molar-refractivity contribution < 1.29 is 0 Å². The predicted octanol–water partition coefficient (Wildman–Crippen LogP) is 2.28. The Morgan fingerprint density at radius 2 is 1.82 bits per heavy atom. The van der Waals surface area contributed by atoms with Gasteiger partial charge in [-0.1, -0.05) is 30.3 Å². The highest BCUT2D eigenvalue weighted by Crippen LogP contribution is 2.08. The molecule has 0 aromatic heterocycles. The molecular formula is C14H23N3. The molecule has 0 fully saturated rings. The fourth-order valence-corrected chi connectivity index (χ4v) is 2.08. The van der Waals surface area contributed by atoms with Crippen LogP contribution in [-0.2, 0) is 0 Å². The van der Waals surface area contributed by atoms with Crippen LogP contribution in [0.4, 0.5) is 0 Å². The SMILES string of the molecule is CCN(C(=N)c1ccccc1)C(C)CN(C)C. The first kappa shape index (κ1) is 13.7. The van der Waals surface area contributed by atoms with E-state index in [1.807, 2.05) is 30.3 Å². The first-order chi connectivity index (χ1) is 8.06. The summed E-state index contributed by atoms with van der Waals surface area (Å²) in [6.07, 6.45) is 0. The average Bonchev–Trinajstić information content (AvgIpc) is 2.30. The van der Waals surface area contributed by atoms with Crippen LogP contribution in [0.5, 0.6) is 0 Å². The van der Waals surface area contributed by atoms with Crippen molar-refractivity contribution in [3.05, 3.63) is 35.9 Å². The molecule has 0 radical (unpaired) electrons. The Hall–Kier alpha value is -1.35. The smallest absolute Gasteiger partial charge is 0.128 e. The van der Waals surface area contributed by atoms with Crippen LogP contribution in [0, 0.1) is 5.41 Å². The van der Waals surface area contributed by atoms with E-state index in [1.165, 1.54) is 0 Å². The van der Waals surface area contributed by atoms with Gasteiger partial charge < -0.3 is 9.80 Å². The lowest BCUT2D eigenvalue weighted by Gasteiger charge is -2.32. The highest BCUT2D eigenvalue weighted by molar-refractivity contribution is 5.96. The van der Waals surface area contributed by atoms with Crippen LogP contribution >= 0.6 is 0 Å². The first-order valence-electron chi connectivity index (χ1n) is 6.11. The van der Waals surface area contributed by atoms with Crippen molar-refractivity contribution in [3.63, 3.8) is 0 Å². The Labute approximate surface area is 105 Å². The lowest BCUT2D eigenvalue weighted by Crippen LogP contribution is -2.43. The maximum absolute atomic E-state index is 8.27. The van der Waals surface area contributed by atoms with Gasteiger partial charge in [0.2, 0.25) is 0 Å². The third-order valence-electron chi connectivity index (χ3n) is 2.84. The molecule has 0 heterocycles. The molecule has 1 aromatic rings. The van der Waals surface area contributed by atoms with E-state index in [4.69, 9.17) is 5.41 Å². The summed E-state index contributed by atoms with van der Waals surface area (Å²) in [5.41, 5.74) is 0.986. The summed E-state index contributed by atoms with van der Waals surface area (Å²) in [4.78, 5) is 4.29. The molecule has 1 atom stereocenters. The molecule has 0 bridgehead atoms. The lowest BCUT2D eigenvalue weighted by atomic mass is 10.1. The molecule has 0 saturated carbocycles. The number of hydrogen-bond donors (Lipinski definition) is 1. The number of benzene rings is 1. The molecule has 3 nitrogen and oxygen atoms in total. The van der Waals surface area contributed by atoms with Gasteiger partial charge in [-0.25, -0.2) is 0 Å². The van der Waals surface area contributed by atoms with Gasteiger partial charge in [-0.05, 0) is 27.9 Å². The third kappa shape index (κ3) is 3.86. The summed E-state index contributed by atoms with van der Waals surface area (Å²) < 4.78 is 0. The van der Waals surface area contributed by atoms with Gasteiger partial charge in [0, 0.05) is 24.7 Å². The van der Waals surface area contributed by atoms with E-state index in [0.29, 0.717) is 11.9 Å². The van der Waals surface area contributed by atoms with Crippen LogP contribution < -0.4 is 0 Å². The minimum atomic E-state index is 0.350. The third-order valence-corrected chi connectivity index (χ3v) is 2.84. The molecule has 0 saturated heterocycles. The maximum atomic E-state index is 8.27. The Morgan fingerprint density at radius 1 is 1.24 bits per heavy atom. The minimum absolute atomic E-state index is 0.350. The molecule has 17 heavy (non-hydrogen) atoms. The van der Waals surface area contributed by atoms with Crippen LogP contribution in [0.2, 0.25) is 0 Å². The molecule has 0 aliphatic heterocycles. The van der Waals surface area contributed by atoms with E-state index in [9.17, 15) is 0 Å². The molecule has 1 aromatic carbocycles. The van der Waals surface area contributed by atoms with Crippen molar-refractivity contribution in [2.24, 2.45) is 0 Å². The quantitative estimate of drug-likeness (QED) is 0.625. The predicted molar refractivity (Wildman–Crippen MR) is 73.7 cm³/mol.